The van der Waals surface area contributed by atoms with Crippen LogP contribution in [0, 0.1) is 6.92 Å². The van der Waals surface area contributed by atoms with Crippen LogP contribution >= 0.6 is 0 Å². The van der Waals surface area contributed by atoms with Gasteiger partial charge in [0.1, 0.15) is 0 Å². The van der Waals surface area contributed by atoms with Gasteiger partial charge >= 0.3 is 6.18 Å². The van der Waals surface area contributed by atoms with Gasteiger partial charge in [0.2, 0.25) is 5.95 Å². The van der Waals surface area contributed by atoms with Crippen LogP contribution < -0.4 is 16.2 Å². The normalized spacial score (nSPS) is 15.2. The van der Waals surface area contributed by atoms with Gasteiger partial charge in [-0.25, -0.2) is 9.55 Å². The number of aryl methyl sites for hydroxylation is 1. The molecule has 0 radical (unpaired) electrons. The molecule has 0 spiro atoms. The molecule has 0 fully saturated rings. The van der Waals surface area contributed by atoms with Gasteiger partial charge in [0.05, 0.1) is 23.5 Å². The molecule has 0 aliphatic carbocycles. The number of halogens is 3. The lowest BCUT2D eigenvalue weighted by atomic mass is 9.97. The molecule has 1 aliphatic rings. The maximum atomic E-state index is 13.8. The van der Waals surface area contributed by atoms with Crippen molar-refractivity contribution in [3.8, 4) is 5.69 Å². The fraction of sp³-hybridized carbons (Fsp3) is 0.357. The fourth-order valence-electron chi connectivity index (χ4n) is 4.66. The molecule has 0 unspecified atom stereocenters. The maximum Gasteiger partial charge on any atom is 0.416 e. The Balaban J connectivity index is 1.75. The number of aromatic nitrogens is 2. The van der Waals surface area contributed by atoms with Crippen molar-refractivity contribution >= 4 is 17.8 Å². The highest BCUT2D eigenvalue weighted by molar-refractivity contribution is 5.95. The average molecular weight is 542 g/mol. The third-order valence-electron chi connectivity index (χ3n) is 6.70. The van der Waals surface area contributed by atoms with E-state index < -0.39 is 23.7 Å². The first-order valence-electron chi connectivity index (χ1n) is 12.5. The van der Waals surface area contributed by atoms with Crippen LogP contribution in [0.1, 0.15) is 63.9 Å². The Bertz CT molecular complexity index is 1480. The number of hydrogen-bond donors (Lipinski definition) is 2. The maximum absolute atomic E-state index is 13.8. The second kappa shape index (κ2) is 10.5. The zero-order valence-electron chi connectivity index (χ0n) is 22.3. The number of carbonyl (C=O) groups excluding carboxylic acids is 2. The molecule has 2 heterocycles. The summed E-state index contributed by atoms with van der Waals surface area (Å²) in [6.45, 7) is 6.85. The van der Waals surface area contributed by atoms with Gasteiger partial charge in [-0.05, 0) is 76.1 Å². The molecule has 2 N–H and O–H groups in total. The Labute approximate surface area is 223 Å². The molecule has 4 rings (SSSR count). The highest BCUT2D eigenvalue weighted by Gasteiger charge is 2.35. The number of rotatable bonds is 5. The van der Waals surface area contributed by atoms with E-state index in [9.17, 15) is 27.6 Å². The van der Waals surface area contributed by atoms with Gasteiger partial charge in [-0.2, -0.15) is 13.2 Å². The third kappa shape index (κ3) is 5.52. The minimum absolute atomic E-state index is 0.0248. The van der Waals surface area contributed by atoms with Crippen LogP contribution in [-0.4, -0.2) is 45.4 Å². The van der Waals surface area contributed by atoms with Crippen LogP contribution in [-0.2, 0) is 19.1 Å². The van der Waals surface area contributed by atoms with Crippen molar-refractivity contribution in [2.75, 3.05) is 12.4 Å². The lowest BCUT2D eigenvalue weighted by Crippen LogP contribution is -2.46. The van der Waals surface area contributed by atoms with E-state index in [2.05, 4.69) is 10.6 Å². The molecule has 0 bridgehead atoms. The number of hydrogen-bond acceptors (Lipinski definition) is 5. The molecule has 1 atom stereocenters. The minimum atomic E-state index is -4.58. The van der Waals surface area contributed by atoms with Crippen LogP contribution in [0.25, 0.3) is 5.69 Å². The number of benzene rings is 2. The van der Waals surface area contributed by atoms with E-state index in [0.717, 1.165) is 6.07 Å². The van der Waals surface area contributed by atoms with Crippen molar-refractivity contribution in [3.05, 3.63) is 86.3 Å². The number of amides is 2. The van der Waals surface area contributed by atoms with Gasteiger partial charge in [-0.1, -0.05) is 6.07 Å². The number of fused-ring (bicyclic) bond motifs is 1. The van der Waals surface area contributed by atoms with Gasteiger partial charge in [0.15, 0.2) is 0 Å². The predicted molar refractivity (Wildman–Crippen MR) is 141 cm³/mol. The van der Waals surface area contributed by atoms with E-state index in [1.165, 1.54) is 35.6 Å². The zero-order chi connectivity index (χ0) is 28.6. The monoisotopic (exact) mass is 541 g/mol. The summed E-state index contributed by atoms with van der Waals surface area (Å²) < 4.78 is 41.8. The molecular formula is C28H30F3N5O3. The number of nitrogens with one attached hydrogen (secondary N) is 2. The van der Waals surface area contributed by atoms with Crippen LogP contribution in [0.4, 0.5) is 19.1 Å². The third-order valence-corrected chi connectivity index (χ3v) is 6.70. The minimum Gasteiger partial charge on any atom is -0.355 e. The summed E-state index contributed by atoms with van der Waals surface area (Å²) in [6.07, 6.45) is -4.40. The topological polar surface area (TPSA) is 96.3 Å². The first-order valence-corrected chi connectivity index (χ1v) is 12.5. The lowest BCUT2D eigenvalue weighted by molar-refractivity contribution is -0.138. The first kappa shape index (κ1) is 27.9. The summed E-state index contributed by atoms with van der Waals surface area (Å²) in [5.41, 5.74) is 0.545. The standard InChI is InChI=1S/C28H30F3N5O3/c1-15(2)33-27-34-23-14-35(25(38)19-7-6-16(3)22(13-19)28(29,30)31)17(4)12-21(23)26(39)36(27)20-10-8-18(9-11-20)24(37)32-5/h6-11,13,15,17H,12,14H2,1-5H3,(H,32,37)(H,33,34)/t17-/m1/s1. The Morgan fingerprint density at radius 3 is 2.31 bits per heavy atom. The van der Waals surface area contributed by atoms with Crippen molar-refractivity contribution in [2.45, 2.75) is 58.9 Å². The molecule has 2 aromatic carbocycles. The van der Waals surface area contributed by atoms with Gasteiger partial charge < -0.3 is 15.5 Å². The van der Waals surface area contributed by atoms with Crippen LogP contribution in [0.2, 0.25) is 0 Å². The number of alkyl halides is 3. The van der Waals surface area contributed by atoms with E-state index >= 15 is 0 Å². The van der Waals surface area contributed by atoms with Gasteiger partial charge in [0, 0.05) is 35.8 Å². The van der Waals surface area contributed by atoms with Crippen molar-refractivity contribution in [1.29, 1.82) is 0 Å². The van der Waals surface area contributed by atoms with Gasteiger partial charge in [-0.3, -0.25) is 14.4 Å². The van der Waals surface area contributed by atoms with Crippen molar-refractivity contribution in [3.63, 3.8) is 0 Å². The Kier molecular flexibility index (Phi) is 7.54. The molecule has 1 aliphatic heterocycles. The molecular weight excluding hydrogens is 511 g/mol. The number of nitrogens with zero attached hydrogens (tertiary/aromatic N) is 3. The molecule has 0 saturated carbocycles. The molecule has 8 nitrogen and oxygen atoms in total. The van der Waals surface area contributed by atoms with Crippen LogP contribution in [0.15, 0.2) is 47.3 Å². The number of carbonyl (C=O) groups is 2. The predicted octanol–water partition coefficient (Wildman–Crippen LogP) is 4.33. The summed E-state index contributed by atoms with van der Waals surface area (Å²) in [4.78, 5) is 45.2. The van der Waals surface area contributed by atoms with E-state index in [4.69, 9.17) is 4.98 Å². The van der Waals surface area contributed by atoms with E-state index in [1.54, 1.807) is 31.2 Å². The Morgan fingerprint density at radius 2 is 1.72 bits per heavy atom. The smallest absolute Gasteiger partial charge is 0.355 e. The van der Waals surface area contributed by atoms with Crippen molar-refractivity contribution < 1.29 is 22.8 Å². The quantitative estimate of drug-likeness (QED) is 0.502. The average Bonchev–Trinajstić information content (AvgIpc) is 2.87. The van der Waals surface area contributed by atoms with Crippen molar-refractivity contribution in [2.24, 2.45) is 0 Å². The molecule has 1 aromatic heterocycles. The lowest BCUT2D eigenvalue weighted by Gasteiger charge is -2.35. The summed E-state index contributed by atoms with van der Waals surface area (Å²) in [5.74, 6) is -0.557. The molecule has 3 aromatic rings. The number of anilines is 1. The van der Waals surface area contributed by atoms with E-state index in [-0.39, 0.29) is 47.5 Å². The van der Waals surface area contributed by atoms with Crippen molar-refractivity contribution in [1.82, 2.24) is 19.8 Å². The summed E-state index contributed by atoms with van der Waals surface area (Å²) >= 11 is 0. The van der Waals surface area contributed by atoms with Gasteiger partial charge in [-0.15, -0.1) is 0 Å². The molecule has 206 valence electrons. The summed E-state index contributed by atoms with van der Waals surface area (Å²) in [5, 5.41) is 5.73. The Hall–Kier alpha value is -4.15. The van der Waals surface area contributed by atoms with Crippen LogP contribution in [0.3, 0.4) is 0 Å². The largest absolute Gasteiger partial charge is 0.416 e. The second-order valence-electron chi connectivity index (χ2n) is 9.94. The second-order valence-corrected chi connectivity index (χ2v) is 9.94. The van der Waals surface area contributed by atoms with E-state index in [0.29, 0.717) is 22.5 Å². The molecule has 2 amide bonds. The van der Waals surface area contributed by atoms with E-state index in [1.807, 2.05) is 13.8 Å². The molecule has 11 heteroatoms. The molecule has 39 heavy (non-hydrogen) atoms. The first-order chi connectivity index (χ1) is 18.3. The zero-order valence-corrected chi connectivity index (χ0v) is 22.3. The summed E-state index contributed by atoms with van der Waals surface area (Å²) in [7, 11) is 1.53. The summed E-state index contributed by atoms with van der Waals surface area (Å²) in [6, 6.07) is 9.54. The highest BCUT2D eigenvalue weighted by Crippen LogP contribution is 2.33. The Morgan fingerprint density at radius 1 is 1.08 bits per heavy atom. The van der Waals surface area contributed by atoms with Gasteiger partial charge in [0.25, 0.3) is 17.4 Å². The highest BCUT2D eigenvalue weighted by atomic mass is 19.4. The fourth-order valence-corrected chi connectivity index (χ4v) is 4.66. The molecule has 0 saturated heterocycles. The van der Waals surface area contributed by atoms with Crippen LogP contribution in [0.5, 0.6) is 0 Å². The SMILES string of the molecule is CNC(=O)c1ccc(-n2c(NC(C)C)nc3c(c2=O)C[C@@H](C)N(C(=O)c2ccc(C)c(C(F)(F)F)c2)C3)cc1.